The fourth-order valence-corrected chi connectivity index (χ4v) is 2.27. The minimum absolute atomic E-state index is 0.266. The molecular weight excluding hydrogens is 304 g/mol. The molecule has 0 unspecified atom stereocenters. The van der Waals surface area contributed by atoms with Gasteiger partial charge in [0.2, 0.25) is 0 Å². The second-order valence-electron chi connectivity index (χ2n) is 5.49. The lowest BCUT2D eigenvalue weighted by atomic mass is 10.1. The Hall–Kier alpha value is -2.75. The van der Waals surface area contributed by atoms with Crippen LogP contribution in [0.2, 0.25) is 0 Å². The summed E-state index contributed by atoms with van der Waals surface area (Å²) in [4.78, 5) is 11.9. The number of benzene rings is 2. The van der Waals surface area contributed by atoms with Gasteiger partial charge in [-0.2, -0.15) is 0 Å². The van der Waals surface area contributed by atoms with Gasteiger partial charge in [0.25, 0.3) is 0 Å². The van der Waals surface area contributed by atoms with Crippen molar-refractivity contribution in [2.45, 2.75) is 20.5 Å². The maximum absolute atomic E-state index is 11.9. The summed E-state index contributed by atoms with van der Waals surface area (Å²) in [5.74, 6) is 0.876. The molecule has 2 aromatic carbocycles. The van der Waals surface area contributed by atoms with E-state index in [9.17, 15) is 4.79 Å². The van der Waals surface area contributed by atoms with Crippen LogP contribution in [0.3, 0.4) is 0 Å². The number of ether oxygens (including phenoxy) is 3. The molecule has 2 aromatic rings. The molecule has 24 heavy (non-hydrogen) atoms. The van der Waals surface area contributed by atoms with Crippen LogP contribution in [0.15, 0.2) is 42.5 Å². The lowest BCUT2D eigenvalue weighted by Crippen LogP contribution is -2.02. The van der Waals surface area contributed by atoms with E-state index in [1.807, 2.05) is 38.1 Å². The quantitative estimate of drug-likeness (QED) is 0.593. The molecule has 2 rings (SSSR count). The van der Waals surface area contributed by atoms with Crippen LogP contribution in [0.1, 0.15) is 22.3 Å². The van der Waals surface area contributed by atoms with E-state index in [1.165, 1.54) is 6.08 Å². The Balaban J connectivity index is 1.99. The predicted molar refractivity (Wildman–Crippen MR) is 94.3 cm³/mol. The van der Waals surface area contributed by atoms with Gasteiger partial charge in [-0.1, -0.05) is 29.8 Å². The highest BCUT2D eigenvalue weighted by Gasteiger charge is 2.05. The van der Waals surface area contributed by atoms with Crippen molar-refractivity contribution >= 4 is 12.0 Å². The van der Waals surface area contributed by atoms with Gasteiger partial charge in [-0.3, -0.25) is 0 Å². The Morgan fingerprint density at radius 2 is 1.75 bits per heavy atom. The zero-order valence-electron chi connectivity index (χ0n) is 14.5. The summed E-state index contributed by atoms with van der Waals surface area (Å²) in [5.41, 5.74) is 4.10. The Morgan fingerprint density at radius 1 is 1.00 bits per heavy atom. The van der Waals surface area contributed by atoms with Crippen LogP contribution < -0.4 is 9.47 Å². The highest BCUT2D eigenvalue weighted by atomic mass is 16.5. The lowest BCUT2D eigenvalue weighted by molar-refractivity contribution is -0.138. The van der Waals surface area contributed by atoms with Crippen molar-refractivity contribution in [3.8, 4) is 11.5 Å². The van der Waals surface area contributed by atoms with E-state index in [4.69, 9.17) is 14.2 Å². The van der Waals surface area contributed by atoms with Crippen LogP contribution in [-0.4, -0.2) is 20.2 Å². The number of hydrogen-bond acceptors (Lipinski definition) is 4. The van der Waals surface area contributed by atoms with Crippen molar-refractivity contribution < 1.29 is 19.0 Å². The molecule has 0 amide bonds. The van der Waals surface area contributed by atoms with Crippen molar-refractivity contribution in [3.63, 3.8) is 0 Å². The molecule has 0 radical (unpaired) electrons. The number of hydrogen-bond donors (Lipinski definition) is 0. The molecule has 0 spiro atoms. The first kappa shape index (κ1) is 17.6. The van der Waals surface area contributed by atoms with Gasteiger partial charge in [0.05, 0.1) is 14.2 Å². The molecule has 0 saturated carbocycles. The fourth-order valence-electron chi connectivity index (χ4n) is 2.27. The van der Waals surface area contributed by atoms with Gasteiger partial charge in [0, 0.05) is 6.08 Å². The van der Waals surface area contributed by atoms with Crippen LogP contribution >= 0.6 is 0 Å². The third-order valence-corrected chi connectivity index (χ3v) is 3.69. The first-order valence-corrected chi connectivity index (χ1v) is 7.66. The summed E-state index contributed by atoms with van der Waals surface area (Å²) in [6, 6.07) is 11.5. The third-order valence-electron chi connectivity index (χ3n) is 3.69. The number of aryl methyl sites for hydroxylation is 2. The maximum Gasteiger partial charge on any atom is 0.331 e. The first-order chi connectivity index (χ1) is 11.5. The molecule has 0 aliphatic heterocycles. The molecule has 0 atom stereocenters. The summed E-state index contributed by atoms with van der Waals surface area (Å²) >= 11 is 0. The van der Waals surface area contributed by atoms with Crippen LogP contribution in [0.5, 0.6) is 11.5 Å². The molecule has 0 saturated heterocycles. The molecule has 126 valence electrons. The van der Waals surface area contributed by atoms with E-state index in [1.54, 1.807) is 32.4 Å². The Bertz CT molecular complexity index is 747. The maximum atomic E-state index is 11.9. The van der Waals surface area contributed by atoms with Gasteiger partial charge in [-0.25, -0.2) is 4.79 Å². The second-order valence-corrected chi connectivity index (χ2v) is 5.49. The topological polar surface area (TPSA) is 44.8 Å². The van der Waals surface area contributed by atoms with Gasteiger partial charge in [-0.15, -0.1) is 0 Å². The van der Waals surface area contributed by atoms with Gasteiger partial charge in [0.15, 0.2) is 11.5 Å². The Kier molecular flexibility index (Phi) is 6.01. The average molecular weight is 326 g/mol. The molecule has 0 N–H and O–H groups in total. The Morgan fingerprint density at radius 3 is 2.46 bits per heavy atom. The largest absolute Gasteiger partial charge is 0.493 e. The van der Waals surface area contributed by atoms with Crippen LogP contribution in [0.25, 0.3) is 6.08 Å². The van der Waals surface area contributed by atoms with Crippen LogP contribution in [-0.2, 0) is 16.1 Å². The highest BCUT2D eigenvalue weighted by Crippen LogP contribution is 2.27. The van der Waals surface area contributed by atoms with Gasteiger partial charge < -0.3 is 14.2 Å². The molecule has 0 aliphatic rings. The first-order valence-electron chi connectivity index (χ1n) is 7.66. The third kappa shape index (κ3) is 4.62. The van der Waals surface area contributed by atoms with Gasteiger partial charge in [0.1, 0.15) is 6.61 Å². The smallest absolute Gasteiger partial charge is 0.331 e. The summed E-state index contributed by atoms with van der Waals surface area (Å²) < 4.78 is 15.7. The van der Waals surface area contributed by atoms with E-state index in [0.717, 1.165) is 22.3 Å². The van der Waals surface area contributed by atoms with E-state index in [2.05, 4.69) is 0 Å². The van der Waals surface area contributed by atoms with Crippen LogP contribution in [0.4, 0.5) is 0 Å². The monoisotopic (exact) mass is 326 g/mol. The molecule has 0 bridgehead atoms. The molecule has 4 nitrogen and oxygen atoms in total. The van der Waals surface area contributed by atoms with Crippen LogP contribution in [0, 0.1) is 13.8 Å². The fraction of sp³-hybridized carbons (Fsp3) is 0.250. The standard InChI is InChI=1S/C20H22O4/c1-14-5-6-15(2)17(11-14)13-24-20(21)10-8-16-7-9-18(22-3)19(12-16)23-4/h5-12H,13H2,1-4H3/b10-8+. The van der Waals surface area contributed by atoms with Crippen molar-refractivity contribution in [2.24, 2.45) is 0 Å². The number of rotatable bonds is 6. The van der Waals surface area contributed by atoms with E-state index in [-0.39, 0.29) is 12.6 Å². The number of esters is 1. The summed E-state index contributed by atoms with van der Waals surface area (Å²) in [6.45, 7) is 4.28. The minimum atomic E-state index is -0.384. The normalized spacial score (nSPS) is 10.7. The second kappa shape index (κ2) is 8.20. The molecule has 4 heteroatoms. The minimum Gasteiger partial charge on any atom is -0.493 e. The molecule has 0 heterocycles. The number of carbonyl (C=O) groups excluding carboxylic acids is 1. The molecule has 0 aromatic heterocycles. The summed E-state index contributed by atoms with van der Waals surface area (Å²) in [7, 11) is 3.15. The average Bonchev–Trinajstić information content (AvgIpc) is 2.60. The predicted octanol–water partition coefficient (Wildman–Crippen LogP) is 4.08. The van der Waals surface area contributed by atoms with Crippen molar-refractivity contribution in [3.05, 3.63) is 64.7 Å². The SMILES string of the molecule is COc1ccc(/C=C/C(=O)OCc2cc(C)ccc2C)cc1OC. The number of carbonyl (C=O) groups is 1. The highest BCUT2D eigenvalue weighted by molar-refractivity contribution is 5.87. The van der Waals surface area contributed by atoms with Crippen molar-refractivity contribution in [2.75, 3.05) is 14.2 Å². The van der Waals surface area contributed by atoms with Crippen molar-refractivity contribution in [1.29, 1.82) is 0 Å². The Labute approximate surface area is 142 Å². The van der Waals surface area contributed by atoms with Crippen molar-refractivity contribution in [1.82, 2.24) is 0 Å². The number of methoxy groups -OCH3 is 2. The van der Waals surface area contributed by atoms with E-state index in [0.29, 0.717) is 11.5 Å². The van der Waals surface area contributed by atoms with Gasteiger partial charge >= 0.3 is 5.97 Å². The lowest BCUT2D eigenvalue weighted by Gasteiger charge is -2.08. The zero-order chi connectivity index (χ0) is 17.5. The molecule has 0 aliphatic carbocycles. The van der Waals surface area contributed by atoms with E-state index < -0.39 is 0 Å². The summed E-state index contributed by atoms with van der Waals surface area (Å²) in [5, 5.41) is 0. The zero-order valence-corrected chi connectivity index (χ0v) is 14.5. The van der Waals surface area contributed by atoms with Gasteiger partial charge in [-0.05, 0) is 48.7 Å². The summed E-state index contributed by atoms with van der Waals surface area (Å²) in [6.07, 6.45) is 3.10. The molecule has 0 fully saturated rings. The van der Waals surface area contributed by atoms with E-state index >= 15 is 0 Å². The molecular formula is C20H22O4.